The number of rotatable bonds is 11. The van der Waals surface area contributed by atoms with E-state index in [0.29, 0.717) is 40.2 Å². The first kappa shape index (κ1) is 32.8. The van der Waals surface area contributed by atoms with Crippen molar-refractivity contribution < 1.29 is 14.7 Å². The largest absolute Gasteiger partial charge is 0.505 e. The van der Waals surface area contributed by atoms with E-state index in [2.05, 4.69) is 16.0 Å². The molecule has 0 saturated carbocycles. The molecule has 9 N–H and O–H groups in total. The lowest BCUT2D eigenvalue weighted by atomic mass is 9.93. The number of benzene rings is 5. The second-order valence-electron chi connectivity index (χ2n) is 11.7. The molecule has 5 aromatic carbocycles. The average Bonchev–Trinajstić information content (AvgIpc) is 3.04. The van der Waals surface area contributed by atoms with E-state index < -0.39 is 0 Å². The summed E-state index contributed by atoms with van der Waals surface area (Å²) in [6.45, 7) is 4.38. The lowest BCUT2D eigenvalue weighted by Crippen LogP contribution is -2.25. The Hall–Kier alpha value is -5.54. The molecule has 10 heteroatoms. The molecular formula is C37H37ClN6O3. The van der Waals surface area contributed by atoms with Crippen LogP contribution in [0.15, 0.2) is 91.0 Å². The number of nitrogens with one attached hydrogen (secondary N) is 4. The number of phenols is 1. The minimum Gasteiger partial charge on any atom is -0.505 e. The zero-order chi connectivity index (χ0) is 33.7. The summed E-state index contributed by atoms with van der Waals surface area (Å²) in [6.07, 6.45) is -0.196. The SMILES string of the molecule is CC(C)Nc1cc(Cl)c(-c2cc(N)cc(C(=O)NCc3ccc4ccccc4c3)c2)c(CC(=O)NCc2ccc(C(=N)N)cc2)c1O. The van der Waals surface area contributed by atoms with Gasteiger partial charge < -0.3 is 32.5 Å². The summed E-state index contributed by atoms with van der Waals surface area (Å²) in [5.74, 6) is -0.848. The number of aromatic hydroxyl groups is 1. The van der Waals surface area contributed by atoms with Crippen LogP contribution in [0.2, 0.25) is 5.02 Å². The van der Waals surface area contributed by atoms with E-state index in [1.165, 1.54) is 0 Å². The molecule has 0 saturated heterocycles. The lowest BCUT2D eigenvalue weighted by molar-refractivity contribution is -0.120. The fourth-order valence-corrected chi connectivity index (χ4v) is 5.72. The summed E-state index contributed by atoms with van der Waals surface area (Å²) in [5, 5.41) is 30.5. The molecule has 5 rings (SSSR count). The van der Waals surface area contributed by atoms with E-state index in [4.69, 9.17) is 28.5 Å². The smallest absolute Gasteiger partial charge is 0.251 e. The predicted molar refractivity (Wildman–Crippen MR) is 190 cm³/mol. The van der Waals surface area contributed by atoms with Crippen molar-refractivity contribution in [1.82, 2.24) is 10.6 Å². The summed E-state index contributed by atoms with van der Waals surface area (Å²) in [6, 6.07) is 27.5. The minimum absolute atomic E-state index is 0.0206. The molecule has 0 radical (unpaired) electrons. The van der Waals surface area contributed by atoms with Crippen LogP contribution in [-0.4, -0.2) is 28.8 Å². The van der Waals surface area contributed by atoms with Gasteiger partial charge >= 0.3 is 0 Å². The van der Waals surface area contributed by atoms with Gasteiger partial charge in [0, 0.05) is 47.1 Å². The molecule has 0 aromatic heterocycles. The molecule has 0 aliphatic rings. The number of amides is 2. The molecule has 240 valence electrons. The van der Waals surface area contributed by atoms with E-state index in [1.54, 1.807) is 48.5 Å². The quantitative estimate of drug-likeness (QED) is 0.0382. The highest BCUT2D eigenvalue weighted by Gasteiger charge is 2.22. The first-order valence-corrected chi connectivity index (χ1v) is 15.5. The third kappa shape index (κ3) is 8.01. The first-order valence-electron chi connectivity index (χ1n) is 15.2. The Morgan fingerprint density at radius 3 is 2.23 bits per heavy atom. The van der Waals surface area contributed by atoms with E-state index in [9.17, 15) is 14.7 Å². The standard InChI is InChI=1S/C37H37ClN6O3/c1-21(2)44-32-18-31(38)34(30(35(32)46)17-33(45)42-19-22-7-11-25(12-8-22)36(40)41)27-14-28(16-29(39)15-27)37(47)43-20-23-9-10-24-5-3-4-6-26(24)13-23/h3-16,18,21,44,46H,17,19-20,39H2,1-2H3,(H3,40,41)(H,42,45)(H,43,47). The number of halogens is 1. The third-order valence-electron chi connectivity index (χ3n) is 7.66. The van der Waals surface area contributed by atoms with Gasteiger partial charge in [-0.15, -0.1) is 0 Å². The van der Waals surface area contributed by atoms with Crippen LogP contribution in [0, 0.1) is 5.41 Å². The zero-order valence-electron chi connectivity index (χ0n) is 26.2. The maximum absolute atomic E-state index is 13.3. The second kappa shape index (κ2) is 14.3. The molecule has 9 nitrogen and oxygen atoms in total. The average molecular weight is 649 g/mol. The van der Waals surface area contributed by atoms with Crippen LogP contribution in [0.3, 0.4) is 0 Å². The Morgan fingerprint density at radius 1 is 0.851 bits per heavy atom. The molecule has 0 heterocycles. The second-order valence-corrected chi connectivity index (χ2v) is 12.1. The highest BCUT2D eigenvalue weighted by molar-refractivity contribution is 6.34. The van der Waals surface area contributed by atoms with Gasteiger partial charge in [0.1, 0.15) is 11.6 Å². The third-order valence-corrected chi connectivity index (χ3v) is 7.96. The molecule has 47 heavy (non-hydrogen) atoms. The first-order chi connectivity index (χ1) is 22.5. The van der Waals surface area contributed by atoms with Gasteiger partial charge in [0.25, 0.3) is 5.91 Å². The maximum atomic E-state index is 13.3. The Bertz CT molecular complexity index is 1970. The topological polar surface area (TPSA) is 166 Å². The summed E-state index contributed by atoms with van der Waals surface area (Å²) in [7, 11) is 0. The van der Waals surface area contributed by atoms with Crippen molar-refractivity contribution in [2.75, 3.05) is 11.1 Å². The van der Waals surface area contributed by atoms with E-state index >= 15 is 0 Å². The van der Waals surface area contributed by atoms with Gasteiger partial charge in [0.2, 0.25) is 5.91 Å². The number of nitrogen functional groups attached to an aromatic ring is 2. The number of nitrogens with two attached hydrogens (primary N) is 2. The fraction of sp³-hybridized carbons (Fsp3) is 0.162. The van der Waals surface area contributed by atoms with Gasteiger partial charge in [-0.05, 0) is 71.6 Å². The molecule has 0 unspecified atom stereocenters. The highest BCUT2D eigenvalue weighted by atomic mass is 35.5. The molecule has 0 atom stereocenters. The van der Waals surface area contributed by atoms with Crippen molar-refractivity contribution in [3.8, 4) is 16.9 Å². The van der Waals surface area contributed by atoms with Crippen LogP contribution in [0.1, 0.15) is 46.5 Å². The van der Waals surface area contributed by atoms with Crippen LogP contribution in [-0.2, 0) is 24.3 Å². The Balaban J connectivity index is 1.41. The number of hydrogen-bond acceptors (Lipinski definition) is 6. The van der Waals surface area contributed by atoms with Gasteiger partial charge in [-0.2, -0.15) is 0 Å². The van der Waals surface area contributed by atoms with E-state index in [1.807, 2.05) is 56.3 Å². The van der Waals surface area contributed by atoms with Gasteiger partial charge in [-0.3, -0.25) is 15.0 Å². The number of fused-ring (bicyclic) bond motifs is 1. The van der Waals surface area contributed by atoms with Crippen molar-refractivity contribution >= 4 is 51.4 Å². The Kier molecular flexibility index (Phi) is 9.97. The molecule has 2 amide bonds. The molecule has 0 aliphatic carbocycles. The lowest BCUT2D eigenvalue weighted by Gasteiger charge is -2.20. The van der Waals surface area contributed by atoms with Crippen molar-refractivity contribution in [1.29, 1.82) is 5.41 Å². The Labute approximate surface area is 278 Å². The maximum Gasteiger partial charge on any atom is 0.251 e. The Morgan fingerprint density at radius 2 is 1.53 bits per heavy atom. The number of amidine groups is 1. The zero-order valence-corrected chi connectivity index (χ0v) is 26.9. The summed E-state index contributed by atoms with van der Waals surface area (Å²) in [5.41, 5.74) is 16.4. The normalized spacial score (nSPS) is 11.0. The molecule has 0 spiro atoms. The van der Waals surface area contributed by atoms with Crippen molar-refractivity contribution in [3.63, 3.8) is 0 Å². The summed E-state index contributed by atoms with van der Waals surface area (Å²) >= 11 is 6.84. The van der Waals surface area contributed by atoms with Crippen molar-refractivity contribution in [3.05, 3.63) is 124 Å². The van der Waals surface area contributed by atoms with Crippen LogP contribution >= 0.6 is 11.6 Å². The monoisotopic (exact) mass is 648 g/mol. The number of carbonyl (C=O) groups excluding carboxylic acids is 2. The highest BCUT2D eigenvalue weighted by Crippen LogP contribution is 2.43. The van der Waals surface area contributed by atoms with E-state index in [-0.39, 0.29) is 53.0 Å². The fourth-order valence-electron chi connectivity index (χ4n) is 5.38. The molecule has 0 aliphatic heterocycles. The number of anilines is 2. The van der Waals surface area contributed by atoms with Crippen molar-refractivity contribution in [2.45, 2.75) is 39.4 Å². The van der Waals surface area contributed by atoms with Crippen LogP contribution in [0.4, 0.5) is 11.4 Å². The van der Waals surface area contributed by atoms with Gasteiger partial charge in [0.05, 0.1) is 17.1 Å². The van der Waals surface area contributed by atoms with Crippen molar-refractivity contribution in [2.24, 2.45) is 5.73 Å². The molecule has 0 bridgehead atoms. The molecule has 5 aromatic rings. The van der Waals surface area contributed by atoms with Crippen LogP contribution < -0.4 is 27.4 Å². The molecule has 0 fully saturated rings. The van der Waals surface area contributed by atoms with Gasteiger partial charge in [-0.1, -0.05) is 72.3 Å². The minimum atomic E-state index is -0.354. The van der Waals surface area contributed by atoms with Gasteiger partial charge in [-0.25, -0.2) is 0 Å². The van der Waals surface area contributed by atoms with Crippen LogP contribution in [0.5, 0.6) is 5.75 Å². The van der Waals surface area contributed by atoms with Gasteiger partial charge in [0.15, 0.2) is 0 Å². The van der Waals surface area contributed by atoms with Crippen LogP contribution in [0.25, 0.3) is 21.9 Å². The van der Waals surface area contributed by atoms with E-state index in [0.717, 1.165) is 21.9 Å². The summed E-state index contributed by atoms with van der Waals surface area (Å²) in [4.78, 5) is 26.6. The number of phenolic OH excluding ortho intramolecular Hbond substituents is 1. The number of hydrogen-bond donors (Lipinski definition) is 7. The summed E-state index contributed by atoms with van der Waals surface area (Å²) < 4.78 is 0. The molecular weight excluding hydrogens is 612 g/mol. The number of carbonyl (C=O) groups is 2. The predicted octanol–water partition coefficient (Wildman–Crippen LogP) is 6.34.